The van der Waals surface area contributed by atoms with Gasteiger partial charge in [0.05, 0.1) is 5.56 Å². The number of carbonyl (C=O) groups excluding carboxylic acids is 1. The van der Waals surface area contributed by atoms with Crippen LogP contribution >= 0.6 is 11.3 Å². The van der Waals surface area contributed by atoms with Gasteiger partial charge in [0, 0.05) is 31.1 Å². The number of ether oxygens (including phenoxy) is 1. The fourth-order valence-electron chi connectivity index (χ4n) is 3.05. The number of amides is 2. The van der Waals surface area contributed by atoms with E-state index < -0.39 is 23.2 Å². The van der Waals surface area contributed by atoms with Crippen LogP contribution in [0.15, 0.2) is 24.3 Å². The predicted molar refractivity (Wildman–Crippen MR) is 104 cm³/mol. The Hall–Kier alpha value is -2.20. The van der Waals surface area contributed by atoms with Crippen LogP contribution in [-0.4, -0.2) is 36.0 Å². The van der Waals surface area contributed by atoms with Crippen LogP contribution in [0.2, 0.25) is 0 Å². The molecule has 2 aromatic rings. The van der Waals surface area contributed by atoms with Gasteiger partial charge in [0.1, 0.15) is 5.01 Å². The molecule has 1 aromatic carbocycles. The number of hydrogen-bond acceptors (Lipinski definition) is 5. The first-order valence-electron chi connectivity index (χ1n) is 9.29. The summed E-state index contributed by atoms with van der Waals surface area (Å²) in [5.74, 6) is 0.304. The SMILES string of the molecule is CC(C)(CNC(=O)Nc1nnc(C2CCOCC2)s1)c1ccc(C(F)(F)F)cc1. The molecule has 29 heavy (non-hydrogen) atoms. The Morgan fingerprint density at radius 2 is 1.76 bits per heavy atom. The first-order valence-corrected chi connectivity index (χ1v) is 10.1. The number of carbonyl (C=O) groups is 1. The zero-order valence-corrected chi connectivity index (χ0v) is 17.0. The van der Waals surface area contributed by atoms with Gasteiger partial charge < -0.3 is 10.1 Å². The highest BCUT2D eigenvalue weighted by atomic mass is 32.1. The van der Waals surface area contributed by atoms with Gasteiger partial charge in [-0.2, -0.15) is 13.2 Å². The van der Waals surface area contributed by atoms with Gasteiger partial charge in [-0.3, -0.25) is 5.32 Å². The van der Waals surface area contributed by atoms with E-state index in [4.69, 9.17) is 4.74 Å². The van der Waals surface area contributed by atoms with E-state index >= 15 is 0 Å². The van der Waals surface area contributed by atoms with Crippen LogP contribution in [-0.2, 0) is 16.3 Å². The maximum Gasteiger partial charge on any atom is 0.416 e. The van der Waals surface area contributed by atoms with Crippen LogP contribution in [0.4, 0.5) is 23.1 Å². The summed E-state index contributed by atoms with van der Waals surface area (Å²) in [7, 11) is 0. The fourth-order valence-corrected chi connectivity index (χ4v) is 3.96. The van der Waals surface area contributed by atoms with Crippen molar-refractivity contribution < 1.29 is 22.7 Å². The van der Waals surface area contributed by atoms with Gasteiger partial charge in [-0.15, -0.1) is 10.2 Å². The van der Waals surface area contributed by atoms with Crippen molar-refractivity contribution in [2.24, 2.45) is 0 Å². The van der Waals surface area contributed by atoms with E-state index in [0.29, 0.717) is 29.8 Å². The second kappa shape index (κ2) is 8.66. The van der Waals surface area contributed by atoms with Gasteiger partial charge in [-0.1, -0.05) is 37.3 Å². The number of rotatable bonds is 5. The van der Waals surface area contributed by atoms with Gasteiger partial charge >= 0.3 is 12.2 Å². The summed E-state index contributed by atoms with van der Waals surface area (Å²) in [4.78, 5) is 12.2. The van der Waals surface area contributed by atoms with E-state index in [2.05, 4.69) is 20.8 Å². The molecule has 0 unspecified atom stereocenters. The smallest absolute Gasteiger partial charge is 0.381 e. The minimum absolute atomic E-state index is 0.246. The van der Waals surface area contributed by atoms with Crippen molar-refractivity contribution in [2.45, 2.75) is 44.2 Å². The number of benzene rings is 1. The monoisotopic (exact) mass is 428 g/mol. The Balaban J connectivity index is 1.53. The van der Waals surface area contributed by atoms with Gasteiger partial charge in [0.2, 0.25) is 5.13 Å². The highest BCUT2D eigenvalue weighted by molar-refractivity contribution is 7.15. The molecule has 1 saturated heterocycles. The summed E-state index contributed by atoms with van der Waals surface area (Å²) >= 11 is 1.35. The molecule has 6 nitrogen and oxygen atoms in total. The third-order valence-corrected chi connectivity index (χ3v) is 5.92. The molecule has 158 valence electrons. The second-order valence-electron chi connectivity index (χ2n) is 7.60. The molecule has 0 bridgehead atoms. The van der Waals surface area contributed by atoms with Crippen LogP contribution in [0.5, 0.6) is 0 Å². The summed E-state index contributed by atoms with van der Waals surface area (Å²) in [5.41, 5.74) is -0.543. The van der Waals surface area contributed by atoms with Crippen molar-refractivity contribution in [3.05, 3.63) is 40.4 Å². The number of alkyl halides is 3. The molecule has 0 atom stereocenters. The third kappa shape index (κ3) is 5.66. The number of anilines is 1. The molecule has 1 fully saturated rings. The standard InChI is InChI=1S/C19H23F3N4O2S/c1-18(2,13-3-5-14(6-4-13)19(20,21)22)11-23-16(27)24-17-26-25-15(29-17)12-7-9-28-10-8-12/h3-6,12H,7-11H2,1-2H3,(H2,23,24,26,27). The molecule has 0 spiro atoms. The second-order valence-corrected chi connectivity index (χ2v) is 8.61. The highest BCUT2D eigenvalue weighted by Crippen LogP contribution is 2.32. The van der Waals surface area contributed by atoms with Gasteiger partial charge in [-0.25, -0.2) is 4.79 Å². The lowest BCUT2D eigenvalue weighted by molar-refractivity contribution is -0.137. The van der Waals surface area contributed by atoms with Crippen LogP contribution in [0.25, 0.3) is 0 Å². The van der Waals surface area contributed by atoms with Crippen molar-refractivity contribution in [1.82, 2.24) is 15.5 Å². The van der Waals surface area contributed by atoms with Crippen LogP contribution in [0.3, 0.4) is 0 Å². The normalized spacial score (nSPS) is 15.9. The number of urea groups is 1. The summed E-state index contributed by atoms with van der Waals surface area (Å²) in [6.45, 7) is 5.35. The van der Waals surface area contributed by atoms with E-state index in [-0.39, 0.29) is 6.54 Å². The Labute approximate surface area is 170 Å². The van der Waals surface area contributed by atoms with Crippen molar-refractivity contribution in [1.29, 1.82) is 0 Å². The first-order chi connectivity index (χ1) is 13.6. The van der Waals surface area contributed by atoms with Gasteiger partial charge in [0.15, 0.2) is 0 Å². The largest absolute Gasteiger partial charge is 0.416 e. The molecule has 1 aliphatic rings. The Kier molecular flexibility index (Phi) is 6.42. The molecular formula is C19H23F3N4O2S. The number of nitrogens with zero attached hydrogens (tertiary/aromatic N) is 2. The highest BCUT2D eigenvalue weighted by Gasteiger charge is 2.31. The molecule has 2 heterocycles. The summed E-state index contributed by atoms with van der Waals surface area (Å²) < 4.78 is 43.5. The molecular weight excluding hydrogens is 405 g/mol. The molecule has 0 radical (unpaired) electrons. The molecule has 1 aliphatic heterocycles. The van der Waals surface area contributed by atoms with E-state index in [1.807, 2.05) is 13.8 Å². The topological polar surface area (TPSA) is 76.1 Å². The van der Waals surface area contributed by atoms with E-state index in [1.54, 1.807) is 0 Å². The van der Waals surface area contributed by atoms with E-state index in [9.17, 15) is 18.0 Å². The maximum atomic E-state index is 12.7. The lowest BCUT2D eigenvalue weighted by Gasteiger charge is -2.26. The summed E-state index contributed by atoms with van der Waals surface area (Å²) in [6.07, 6.45) is -2.59. The van der Waals surface area contributed by atoms with Crippen molar-refractivity contribution in [2.75, 3.05) is 25.1 Å². The molecule has 1 aromatic heterocycles. The van der Waals surface area contributed by atoms with Crippen molar-refractivity contribution in [3.63, 3.8) is 0 Å². The lowest BCUT2D eigenvalue weighted by Crippen LogP contribution is -2.39. The zero-order chi connectivity index (χ0) is 21.1. The molecule has 0 aliphatic carbocycles. The predicted octanol–water partition coefficient (Wildman–Crippen LogP) is 4.55. The molecule has 2 N–H and O–H groups in total. The quantitative estimate of drug-likeness (QED) is 0.733. The average Bonchev–Trinajstić information content (AvgIpc) is 3.15. The summed E-state index contributed by atoms with van der Waals surface area (Å²) in [5, 5.41) is 14.9. The fraction of sp³-hybridized carbons (Fsp3) is 0.526. The third-order valence-electron chi connectivity index (χ3n) is 4.92. The number of halogens is 3. The van der Waals surface area contributed by atoms with Gasteiger partial charge in [0.25, 0.3) is 0 Å². The number of hydrogen-bond donors (Lipinski definition) is 2. The van der Waals surface area contributed by atoms with Crippen LogP contribution < -0.4 is 10.6 Å². The zero-order valence-electron chi connectivity index (χ0n) is 16.2. The van der Waals surface area contributed by atoms with Crippen LogP contribution in [0.1, 0.15) is 48.7 Å². The summed E-state index contributed by atoms with van der Waals surface area (Å²) in [6, 6.07) is 4.55. The van der Waals surface area contributed by atoms with Crippen LogP contribution in [0, 0.1) is 0 Å². The molecule has 2 amide bonds. The Morgan fingerprint density at radius 3 is 2.38 bits per heavy atom. The average molecular weight is 428 g/mol. The van der Waals surface area contributed by atoms with Crippen molar-refractivity contribution in [3.8, 4) is 0 Å². The Bertz CT molecular complexity index is 831. The van der Waals surface area contributed by atoms with Crippen molar-refractivity contribution >= 4 is 22.5 Å². The number of nitrogens with one attached hydrogen (secondary N) is 2. The molecule has 3 rings (SSSR count). The molecule has 0 saturated carbocycles. The van der Waals surface area contributed by atoms with E-state index in [0.717, 1.165) is 30.0 Å². The van der Waals surface area contributed by atoms with Gasteiger partial charge in [-0.05, 0) is 30.5 Å². The lowest BCUT2D eigenvalue weighted by atomic mass is 9.84. The number of aromatic nitrogens is 2. The Morgan fingerprint density at radius 1 is 1.14 bits per heavy atom. The maximum absolute atomic E-state index is 12.7. The first kappa shape index (κ1) is 21.5. The van der Waals surface area contributed by atoms with E-state index in [1.165, 1.54) is 23.5 Å². The minimum atomic E-state index is -4.37. The minimum Gasteiger partial charge on any atom is -0.381 e. The molecule has 10 heteroatoms.